The van der Waals surface area contributed by atoms with Crippen molar-refractivity contribution in [3.8, 4) is 0 Å². The average Bonchev–Trinajstić information content (AvgIpc) is 2.76. The van der Waals surface area contributed by atoms with E-state index in [1.807, 2.05) is 24.3 Å². The number of rotatable bonds is 5. The summed E-state index contributed by atoms with van der Waals surface area (Å²) < 4.78 is 5.40. The van der Waals surface area contributed by atoms with Gasteiger partial charge in [0.25, 0.3) is 5.69 Å². The van der Waals surface area contributed by atoms with E-state index in [2.05, 4.69) is 20.9 Å². The van der Waals surface area contributed by atoms with E-state index in [4.69, 9.17) is 4.74 Å². The number of ether oxygens (including phenoxy) is 1. The van der Waals surface area contributed by atoms with Gasteiger partial charge in [-0.25, -0.2) is 4.79 Å². The van der Waals surface area contributed by atoms with Crippen LogP contribution in [-0.4, -0.2) is 37.3 Å². The van der Waals surface area contributed by atoms with E-state index >= 15 is 0 Å². The number of carbonyl (C=O) groups excluding carboxylic acids is 1. The van der Waals surface area contributed by atoms with Gasteiger partial charge >= 0.3 is 6.03 Å². The van der Waals surface area contributed by atoms with Crippen molar-refractivity contribution in [1.82, 2.24) is 10.6 Å². The van der Waals surface area contributed by atoms with Crippen molar-refractivity contribution in [3.63, 3.8) is 0 Å². The van der Waals surface area contributed by atoms with Crippen LogP contribution in [0.2, 0.25) is 0 Å². The Hall–Kier alpha value is -3.59. The molecule has 3 N–H and O–H groups in total. The zero-order valence-corrected chi connectivity index (χ0v) is 16.6. The number of carbonyl (C=O) groups is 1. The number of allylic oxidation sites excluding steroid dienone is 1. The Morgan fingerprint density at radius 1 is 1.17 bits per heavy atom. The number of urea groups is 1. The molecule has 0 aromatic heterocycles. The molecular formula is C21H23N5O4. The van der Waals surface area contributed by atoms with E-state index in [0.717, 1.165) is 30.0 Å². The summed E-state index contributed by atoms with van der Waals surface area (Å²) in [6.45, 7) is 4.92. The molecule has 9 nitrogen and oxygen atoms in total. The zero-order chi connectivity index (χ0) is 21.1. The predicted octanol–water partition coefficient (Wildman–Crippen LogP) is 3.13. The number of nitro benzene ring substituents is 1. The van der Waals surface area contributed by atoms with Crippen LogP contribution >= 0.6 is 0 Å². The van der Waals surface area contributed by atoms with Crippen molar-refractivity contribution in [3.05, 3.63) is 75.6 Å². The second-order valence-electron chi connectivity index (χ2n) is 7.19. The fourth-order valence-electron chi connectivity index (χ4n) is 3.66. The molecular weight excluding hydrogens is 386 g/mol. The third kappa shape index (κ3) is 4.20. The lowest BCUT2D eigenvalue weighted by Gasteiger charge is -2.31. The molecule has 2 amide bonds. The van der Waals surface area contributed by atoms with Gasteiger partial charge in [0.15, 0.2) is 0 Å². The lowest BCUT2D eigenvalue weighted by Crippen LogP contribution is -2.45. The smallest absolute Gasteiger partial charge is 0.319 e. The molecule has 9 heteroatoms. The van der Waals surface area contributed by atoms with Crippen molar-refractivity contribution in [2.24, 2.45) is 0 Å². The molecule has 0 aliphatic carbocycles. The van der Waals surface area contributed by atoms with Gasteiger partial charge in [-0.15, -0.1) is 0 Å². The van der Waals surface area contributed by atoms with Gasteiger partial charge < -0.3 is 25.6 Å². The van der Waals surface area contributed by atoms with Gasteiger partial charge in [0.05, 0.1) is 29.9 Å². The molecule has 2 aromatic carbocycles. The van der Waals surface area contributed by atoms with E-state index < -0.39 is 11.0 Å². The highest BCUT2D eigenvalue weighted by molar-refractivity contribution is 5.79. The first kappa shape index (κ1) is 19.7. The molecule has 0 unspecified atom stereocenters. The van der Waals surface area contributed by atoms with Gasteiger partial charge in [0, 0.05) is 42.3 Å². The molecule has 0 spiro atoms. The molecule has 1 atom stereocenters. The topological polar surface area (TPSA) is 109 Å². The van der Waals surface area contributed by atoms with Crippen LogP contribution in [0.3, 0.4) is 0 Å². The van der Waals surface area contributed by atoms with Crippen LogP contribution in [0.4, 0.5) is 21.9 Å². The Kier molecular flexibility index (Phi) is 5.53. The lowest BCUT2D eigenvalue weighted by molar-refractivity contribution is -0.384. The van der Waals surface area contributed by atoms with Crippen LogP contribution in [0.25, 0.3) is 0 Å². The number of nitrogens with one attached hydrogen (secondary N) is 3. The van der Waals surface area contributed by atoms with Gasteiger partial charge in [0.1, 0.15) is 0 Å². The van der Waals surface area contributed by atoms with Crippen molar-refractivity contribution >= 4 is 23.1 Å². The Bertz CT molecular complexity index is 983. The molecule has 1 fully saturated rings. The quantitative estimate of drug-likeness (QED) is 0.517. The zero-order valence-electron chi connectivity index (χ0n) is 16.6. The second kappa shape index (κ2) is 8.42. The lowest BCUT2D eigenvalue weighted by atomic mass is 10.00. The van der Waals surface area contributed by atoms with Gasteiger partial charge in [-0.1, -0.05) is 18.2 Å². The number of anilines is 2. The summed E-state index contributed by atoms with van der Waals surface area (Å²) in [7, 11) is 0. The molecule has 0 bridgehead atoms. The van der Waals surface area contributed by atoms with Crippen molar-refractivity contribution < 1.29 is 14.5 Å². The van der Waals surface area contributed by atoms with Gasteiger partial charge in [-0.05, 0) is 30.7 Å². The van der Waals surface area contributed by atoms with E-state index in [1.54, 1.807) is 19.1 Å². The number of hydrogen-bond acceptors (Lipinski definition) is 6. The maximum absolute atomic E-state index is 12.1. The Labute approximate surface area is 173 Å². The highest BCUT2D eigenvalue weighted by Gasteiger charge is 2.27. The molecule has 156 valence electrons. The molecule has 2 aliphatic rings. The van der Waals surface area contributed by atoms with E-state index in [1.165, 1.54) is 12.1 Å². The van der Waals surface area contributed by atoms with Crippen molar-refractivity contribution in [2.75, 3.05) is 36.5 Å². The summed E-state index contributed by atoms with van der Waals surface area (Å²) in [6, 6.07) is 13.6. The van der Waals surface area contributed by atoms with Crippen molar-refractivity contribution in [2.45, 2.75) is 13.0 Å². The average molecular weight is 409 g/mol. The first-order chi connectivity index (χ1) is 14.5. The third-order valence-electron chi connectivity index (χ3n) is 5.21. The van der Waals surface area contributed by atoms with E-state index in [-0.39, 0.29) is 11.7 Å². The summed E-state index contributed by atoms with van der Waals surface area (Å²) >= 11 is 0. The minimum absolute atomic E-state index is 0.00234. The molecule has 2 aliphatic heterocycles. The van der Waals surface area contributed by atoms with E-state index in [0.29, 0.717) is 24.6 Å². The molecule has 0 saturated carbocycles. The fraction of sp³-hybridized carbons (Fsp3) is 0.286. The SMILES string of the molecule is CC1=C(Nc2cccc([N+](=O)[O-])c2)[C@H](c2ccc(N3CCOCC3)cc2)NC(=O)N1. The summed E-state index contributed by atoms with van der Waals surface area (Å²) in [6.07, 6.45) is 0. The highest BCUT2D eigenvalue weighted by Crippen LogP contribution is 2.30. The summed E-state index contributed by atoms with van der Waals surface area (Å²) in [5, 5.41) is 20.0. The van der Waals surface area contributed by atoms with E-state index in [9.17, 15) is 14.9 Å². The van der Waals surface area contributed by atoms with Gasteiger partial charge in [0.2, 0.25) is 0 Å². The Balaban J connectivity index is 1.60. The standard InChI is InChI=1S/C21H23N5O4/c1-14-19(23-16-3-2-4-18(13-16)26(28)29)20(24-21(27)22-14)15-5-7-17(8-6-15)25-9-11-30-12-10-25/h2-8,13,20,23H,9-12H2,1H3,(H2,22,24,27)/t20-/m0/s1. The summed E-state index contributed by atoms with van der Waals surface area (Å²) in [4.78, 5) is 25.0. The molecule has 0 radical (unpaired) electrons. The monoisotopic (exact) mass is 409 g/mol. The molecule has 2 aromatic rings. The predicted molar refractivity (Wildman–Crippen MR) is 113 cm³/mol. The van der Waals surface area contributed by atoms with Crippen LogP contribution in [0.1, 0.15) is 18.5 Å². The first-order valence-electron chi connectivity index (χ1n) is 9.74. The van der Waals surface area contributed by atoms with Crippen LogP contribution in [0.15, 0.2) is 59.9 Å². The Morgan fingerprint density at radius 2 is 1.90 bits per heavy atom. The second-order valence-corrected chi connectivity index (χ2v) is 7.19. The molecule has 2 heterocycles. The fourth-order valence-corrected chi connectivity index (χ4v) is 3.66. The minimum Gasteiger partial charge on any atom is -0.378 e. The summed E-state index contributed by atoms with van der Waals surface area (Å²) in [5.41, 5.74) is 3.98. The number of hydrogen-bond donors (Lipinski definition) is 3. The number of benzene rings is 2. The van der Waals surface area contributed by atoms with Crippen molar-refractivity contribution in [1.29, 1.82) is 0 Å². The molecule has 1 saturated heterocycles. The Morgan fingerprint density at radius 3 is 2.60 bits per heavy atom. The number of morpholine rings is 1. The van der Waals surface area contributed by atoms with Gasteiger partial charge in [-0.3, -0.25) is 10.1 Å². The largest absolute Gasteiger partial charge is 0.378 e. The number of non-ortho nitro benzene ring substituents is 1. The first-order valence-corrected chi connectivity index (χ1v) is 9.74. The number of nitro groups is 1. The van der Waals surface area contributed by atoms with Crippen LogP contribution in [0.5, 0.6) is 0 Å². The highest BCUT2D eigenvalue weighted by atomic mass is 16.6. The summed E-state index contributed by atoms with van der Waals surface area (Å²) in [5.74, 6) is 0. The maximum atomic E-state index is 12.1. The van der Waals surface area contributed by atoms with Crippen LogP contribution < -0.4 is 20.9 Å². The normalized spacial score (nSPS) is 19.2. The molecule has 4 rings (SSSR count). The maximum Gasteiger partial charge on any atom is 0.319 e. The minimum atomic E-state index is -0.435. The van der Waals surface area contributed by atoms with Crippen LogP contribution in [0, 0.1) is 10.1 Å². The van der Waals surface area contributed by atoms with Crippen LogP contribution in [-0.2, 0) is 4.74 Å². The number of amides is 2. The third-order valence-corrected chi connectivity index (χ3v) is 5.21. The molecule has 30 heavy (non-hydrogen) atoms. The van der Waals surface area contributed by atoms with Gasteiger partial charge in [-0.2, -0.15) is 0 Å². The number of nitrogens with zero attached hydrogens (tertiary/aromatic N) is 2.